The van der Waals surface area contributed by atoms with Gasteiger partial charge >= 0.3 is 6.03 Å². The lowest BCUT2D eigenvalue weighted by Gasteiger charge is -2.49. The normalized spacial score (nSPS) is 24.3. The van der Waals surface area contributed by atoms with Gasteiger partial charge in [0.1, 0.15) is 0 Å². The number of rotatable bonds is 5. The molecule has 11 nitrogen and oxygen atoms in total. The molecule has 0 aliphatic carbocycles. The third kappa shape index (κ3) is 4.72. The highest BCUT2D eigenvalue weighted by molar-refractivity contribution is 5.78. The largest absolute Gasteiger partial charge is 0.381 e. The lowest BCUT2D eigenvalue weighted by molar-refractivity contribution is -0.0237. The Morgan fingerprint density at radius 3 is 2.70 bits per heavy atom. The summed E-state index contributed by atoms with van der Waals surface area (Å²) >= 11 is 0. The second kappa shape index (κ2) is 10.1. The van der Waals surface area contributed by atoms with E-state index in [1.807, 2.05) is 30.6 Å². The number of urea groups is 1. The molecule has 0 spiro atoms. The van der Waals surface area contributed by atoms with E-state index in [0.717, 1.165) is 50.1 Å². The number of fused-ring (bicyclic) bond motifs is 1. The third-order valence-electron chi connectivity index (χ3n) is 7.96. The van der Waals surface area contributed by atoms with E-state index < -0.39 is 11.4 Å². The number of amides is 2. The van der Waals surface area contributed by atoms with Gasteiger partial charge < -0.3 is 25.2 Å². The van der Waals surface area contributed by atoms with Crippen LogP contribution in [0.2, 0.25) is 0 Å². The summed E-state index contributed by atoms with van der Waals surface area (Å²) < 4.78 is 20.0. The Bertz CT molecular complexity index is 1130. The predicted octanol–water partition coefficient (Wildman–Crippen LogP) is 3.26. The average Bonchev–Trinajstić information content (AvgIpc) is 3.40. The molecule has 0 saturated carbocycles. The second-order valence-corrected chi connectivity index (χ2v) is 10.8. The van der Waals surface area contributed by atoms with Gasteiger partial charge in [0.15, 0.2) is 17.5 Å². The number of carbonyl (C=O) groups excluding carboxylic acids is 1. The van der Waals surface area contributed by atoms with Gasteiger partial charge in [-0.3, -0.25) is 10.00 Å². The second-order valence-electron chi connectivity index (χ2n) is 10.8. The Morgan fingerprint density at radius 1 is 1.22 bits per heavy atom. The van der Waals surface area contributed by atoms with Crippen LogP contribution in [0.3, 0.4) is 0 Å². The lowest BCUT2D eigenvalue weighted by Crippen LogP contribution is -2.63. The highest BCUT2D eigenvalue weighted by Crippen LogP contribution is 2.42. The molecular formula is C25H38FN9O2. The molecule has 3 aliphatic rings. The zero-order valence-electron chi connectivity index (χ0n) is 22.3. The summed E-state index contributed by atoms with van der Waals surface area (Å²) in [6.07, 6.45) is 3.22. The molecule has 5 rings (SSSR count). The number of aromatic nitrogens is 4. The minimum atomic E-state index is -0.598. The van der Waals surface area contributed by atoms with Gasteiger partial charge in [-0.2, -0.15) is 10.1 Å². The van der Waals surface area contributed by atoms with Crippen LogP contribution in [0.1, 0.15) is 58.7 Å². The van der Waals surface area contributed by atoms with Crippen molar-refractivity contribution in [1.82, 2.24) is 34.9 Å². The molecule has 0 unspecified atom stereocenters. The van der Waals surface area contributed by atoms with Gasteiger partial charge in [-0.05, 0) is 47.5 Å². The highest BCUT2D eigenvalue weighted by atomic mass is 19.1. The van der Waals surface area contributed by atoms with E-state index in [4.69, 9.17) is 4.74 Å². The van der Waals surface area contributed by atoms with Crippen molar-refractivity contribution >= 4 is 23.6 Å². The van der Waals surface area contributed by atoms with Crippen LogP contribution in [0.15, 0.2) is 6.20 Å². The summed E-state index contributed by atoms with van der Waals surface area (Å²) in [5.41, 5.74) is 1.08. The molecule has 12 heteroatoms. The van der Waals surface area contributed by atoms with E-state index in [1.165, 1.54) is 0 Å². The van der Waals surface area contributed by atoms with Crippen molar-refractivity contribution in [2.75, 3.05) is 43.5 Å². The van der Waals surface area contributed by atoms with E-state index in [-0.39, 0.29) is 23.9 Å². The van der Waals surface area contributed by atoms with Crippen molar-refractivity contribution < 1.29 is 13.9 Å². The molecule has 2 aromatic rings. The van der Waals surface area contributed by atoms with Gasteiger partial charge in [-0.1, -0.05) is 0 Å². The molecule has 2 atom stereocenters. The smallest absolute Gasteiger partial charge is 0.321 e. The number of hydrogen-bond acceptors (Lipinski definition) is 8. The Hall–Kier alpha value is -2.99. The molecule has 2 aromatic heterocycles. The van der Waals surface area contributed by atoms with Crippen LogP contribution in [-0.4, -0.2) is 91.9 Å². The summed E-state index contributed by atoms with van der Waals surface area (Å²) in [6, 6.07) is 0.893. The standard InChI is InChI=1S/C25H38FN9O2/c1-6-27-23-28-11-19(26)22(30-23)29-21-18-14-35(25(4,5)20(18)31-32-21)24(36)34-13-15(2)33(12-16(34)3)17-7-9-37-10-8-17/h11,15-17H,6-10,12-14H2,1-5H3,(H3,27,28,29,30,31,32)/t15-,16+/m1/s1. The first kappa shape index (κ1) is 25.7. The van der Waals surface area contributed by atoms with Crippen molar-refractivity contribution in [2.24, 2.45) is 0 Å². The first-order valence-corrected chi connectivity index (χ1v) is 13.2. The number of ether oxygens (including phenoxy) is 1. The number of piperazine rings is 1. The maximum atomic E-state index is 14.5. The fourth-order valence-corrected chi connectivity index (χ4v) is 5.84. The van der Waals surface area contributed by atoms with Gasteiger partial charge in [-0.15, -0.1) is 0 Å². The van der Waals surface area contributed by atoms with Crippen LogP contribution in [0.5, 0.6) is 0 Å². The Balaban J connectivity index is 1.32. The van der Waals surface area contributed by atoms with E-state index >= 15 is 0 Å². The number of hydrogen-bond donors (Lipinski definition) is 3. The molecule has 3 N–H and O–H groups in total. The van der Waals surface area contributed by atoms with Crippen LogP contribution in [0.4, 0.5) is 26.8 Å². The minimum absolute atomic E-state index is 0.00850. The molecule has 2 saturated heterocycles. The summed E-state index contributed by atoms with van der Waals surface area (Å²) in [5, 5.41) is 13.5. The molecule has 5 heterocycles. The number of carbonyl (C=O) groups is 1. The average molecular weight is 516 g/mol. The molecule has 0 bridgehead atoms. The Morgan fingerprint density at radius 2 is 1.97 bits per heavy atom. The number of nitrogens with one attached hydrogen (secondary N) is 3. The first-order chi connectivity index (χ1) is 17.7. The molecule has 0 radical (unpaired) electrons. The van der Waals surface area contributed by atoms with Gasteiger partial charge in [0, 0.05) is 56.5 Å². The maximum Gasteiger partial charge on any atom is 0.321 e. The molecular weight excluding hydrogens is 477 g/mol. The van der Waals surface area contributed by atoms with E-state index in [2.05, 4.69) is 49.5 Å². The van der Waals surface area contributed by atoms with Crippen LogP contribution >= 0.6 is 0 Å². The molecule has 3 aliphatic heterocycles. The Labute approximate surface area is 217 Å². The zero-order valence-corrected chi connectivity index (χ0v) is 22.3. The van der Waals surface area contributed by atoms with Crippen LogP contribution in [0.25, 0.3) is 0 Å². The summed E-state index contributed by atoms with van der Waals surface area (Å²) in [5.74, 6) is 0.256. The minimum Gasteiger partial charge on any atom is -0.381 e. The van der Waals surface area contributed by atoms with Crippen molar-refractivity contribution in [3.63, 3.8) is 0 Å². The fraction of sp³-hybridized carbons (Fsp3) is 0.680. The van der Waals surface area contributed by atoms with Crippen molar-refractivity contribution in [3.05, 3.63) is 23.3 Å². The fourth-order valence-electron chi connectivity index (χ4n) is 5.84. The summed E-state index contributed by atoms with van der Waals surface area (Å²) in [7, 11) is 0. The maximum absolute atomic E-state index is 14.5. The van der Waals surface area contributed by atoms with Gasteiger partial charge in [0.25, 0.3) is 0 Å². The van der Waals surface area contributed by atoms with Crippen LogP contribution in [-0.2, 0) is 16.8 Å². The zero-order chi connectivity index (χ0) is 26.3. The summed E-state index contributed by atoms with van der Waals surface area (Å²) in [4.78, 5) is 28.6. The molecule has 202 valence electrons. The number of nitrogens with zero attached hydrogens (tertiary/aromatic N) is 6. The quantitative estimate of drug-likeness (QED) is 0.556. The van der Waals surface area contributed by atoms with Crippen molar-refractivity contribution in [3.8, 4) is 0 Å². The number of H-pyrrole nitrogens is 1. The number of anilines is 3. The highest BCUT2D eigenvalue weighted by Gasteiger charge is 2.47. The van der Waals surface area contributed by atoms with Gasteiger partial charge in [-0.25, -0.2) is 14.2 Å². The predicted molar refractivity (Wildman–Crippen MR) is 138 cm³/mol. The number of halogens is 1. The van der Waals surface area contributed by atoms with Crippen molar-refractivity contribution in [1.29, 1.82) is 0 Å². The van der Waals surface area contributed by atoms with Gasteiger partial charge in [0.05, 0.1) is 24.0 Å². The summed E-state index contributed by atoms with van der Waals surface area (Å²) in [6.45, 7) is 14.4. The van der Waals surface area contributed by atoms with Crippen molar-refractivity contribution in [2.45, 2.75) is 77.7 Å². The van der Waals surface area contributed by atoms with Gasteiger partial charge in [0.2, 0.25) is 5.95 Å². The topological polar surface area (TPSA) is 115 Å². The monoisotopic (exact) mass is 515 g/mol. The molecule has 0 aromatic carbocycles. The van der Waals surface area contributed by atoms with E-state index in [0.29, 0.717) is 37.4 Å². The molecule has 2 fully saturated rings. The third-order valence-corrected chi connectivity index (χ3v) is 7.96. The van der Waals surface area contributed by atoms with Crippen LogP contribution < -0.4 is 10.6 Å². The van der Waals surface area contributed by atoms with E-state index in [1.54, 1.807) is 0 Å². The molecule has 2 amide bonds. The Kier molecular flexibility index (Phi) is 6.97. The molecule has 37 heavy (non-hydrogen) atoms. The lowest BCUT2D eigenvalue weighted by atomic mass is 9.99. The van der Waals surface area contributed by atoms with E-state index in [9.17, 15) is 9.18 Å². The number of aromatic amines is 1. The van der Waals surface area contributed by atoms with Crippen LogP contribution in [0, 0.1) is 5.82 Å². The SMILES string of the molecule is CCNc1ncc(F)c(Nc2n[nH]c3c2CN(C(=O)N2C[C@@H](C)N(C4CCOCC4)C[C@@H]2C)C3(C)C)n1. The first-order valence-electron chi connectivity index (χ1n) is 13.2.